The van der Waals surface area contributed by atoms with Crippen LogP contribution in [0.25, 0.3) is 11.0 Å². The van der Waals surface area contributed by atoms with Crippen molar-refractivity contribution in [2.24, 2.45) is 7.05 Å². The van der Waals surface area contributed by atoms with Crippen LogP contribution >= 0.6 is 11.6 Å². The van der Waals surface area contributed by atoms with E-state index in [1.54, 1.807) is 37.4 Å². The first kappa shape index (κ1) is 17.8. The molecule has 0 spiro atoms. The Kier molecular flexibility index (Phi) is 4.81. The average Bonchev–Trinajstić information content (AvgIpc) is 2.64. The van der Waals surface area contributed by atoms with Gasteiger partial charge >= 0.3 is 0 Å². The highest BCUT2D eigenvalue weighted by Gasteiger charge is 2.19. The number of nitrogens with one attached hydrogen (secondary N) is 1. The number of carbonyl (C=O) groups excluding carboxylic acids is 1. The number of benzene rings is 2. The Labute approximate surface area is 154 Å². The fourth-order valence-corrected chi connectivity index (χ4v) is 2.81. The number of aryl methyl sites for hydroxylation is 1. The third kappa shape index (κ3) is 3.09. The molecule has 0 unspecified atom stereocenters. The second kappa shape index (κ2) is 7.05. The van der Waals surface area contributed by atoms with Gasteiger partial charge in [0, 0.05) is 13.1 Å². The number of amides is 1. The lowest BCUT2D eigenvalue weighted by Crippen LogP contribution is -2.29. The number of ether oxygens (including phenoxy) is 2. The van der Waals surface area contributed by atoms with E-state index in [4.69, 9.17) is 21.1 Å². The van der Waals surface area contributed by atoms with E-state index >= 15 is 0 Å². The number of carbonyl (C=O) groups is 1. The van der Waals surface area contributed by atoms with Crippen LogP contribution in [0.4, 0.5) is 5.69 Å². The smallest absolute Gasteiger partial charge is 0.282 e. The minimum atomic E-state index is -0.657. The van der Waals surface area contributed by atoms with Gasteiger partial charge in [0.1, 0.15) is 11.5 Å². The molecule has 0 saturated carbocycles. The summed E-state index contributed by atoms with van der Waals surface area (Å²) in [5, 5.41) is 2.92. The van der Waals surface area contributed by atoms with Gasteiger partial charge in [-0.2, -0.15) is 0 Å². The molecule has 134 valence electrons. The van der Waals surface area contributed by atoms with E-state index in [9.17, 15) is 9.59 Å². The monoisotopic (exact) mass is 373 g/mol. The van der Waals surface area contributed by atoms with Crippen molar-refractivity contribution in [2.45, 2.75) is 0 Å². The fourth-order valence-electron chi connectivity index (χ4n) is 2.57. The normalized spacial score (nSPS) is 10.6. The maximum Gasteiger partial charge on any atom is 0.282 e. The molecule has 2 aromatic carbocycles. The molecule has 1 amide bonds. The fraction of sp³-hybridized carbons (Fsp3) is 0.167. The highest BCUT2D eigenvalue weighted by Crippen LogP contribution is 2.36. The third-order valence-corrected chi connectivity index (χ3v) is 4.22. The van der Waals surface area contributed by atoms with Gasteiger partial charge in [-0.1, -0.05) is 23.7 Å². The maximum absolute atomic E-state index is 12.6. The van der Waals surface area contributed by atoms with Crippen LogP contribution in [-0.4, -0.2) is 29.7 Å². The summed E-state index contributed by atoms with van der Waals surface area (Å²) < 4.78 is 11.8. The summed E-state index contributed by atoms with van der Waals surface area (Å²) in [5.41, 5.74) is 0.763. The molecule has 8 heteroatoms. The molecule has 0 fully saturated rings. The molecule has 1 N–H and O–H groups in total. The molecule has 0 aliphatic carbocycles. The Hall–Kier alpha value is -3.06. The van der Waals surface area contributed by atoms with Crippen molar-refractivity contribution in [3.05, 3.63) is 57.5 Å². The van der Waals surface area contributed by atoms with Gasteiger partial charge in [0.2, 0.25) is 0 Å². The minimum absolute atomic E-state index is 0.222. The minimum Gasteiger partial charge on any atom is -0.495 e. The summed E-state index contributed by atoms with van der Waals surface area (Å²) in [6, 6.07) is 10.1. The van der Waals surface area contributed by atoms with Crippen molar-refractivity contribution in [2.75, 3.05) is 19.5 Å². The Morgan fingerprint density at radius 3 is 2.54 bits per heavy atom. The zero-order valence-corrected chi connectivity index (χ0v) is 15.1. The number of para-hydroxylation sites is 2. The molecule has 0 aliphatic rings. The predicted octanol–water partition coefficient (Wildman–Crippen LogP) is 2.86. The van der Waals surface area contributed by atoms with Crippen LogP contribution in [0.3, 0.4) is 0 Å². The SMILES string of the molecule is COc1cc(OC)c(NC(=O)c2nc3ccccc3n(C)c2=O)cc1Cl. The molecule has 3 rings (SSSR count). The van der Waals surface area contributed by atoms with Crippen LogP contribution in [0.1, 0.15) is 10.5 Å². The van der Waals surface area contributed by atoms with Crippen molar-refractivity contribution < 1.29 is 14.3 Å². The molecule has 0 bridgehead atoms. The van der Waals surface area contributed by atoms with E-state index in [2.05, 4.69) is 10.3 Å². The van der Waals surface area contributed by atoms with Gasteiger partial charge in [0.25, 0.3) is 11.5 Å². The summed E-state index contributed by atoms with van der Waals surface area (Å²) in [5.74, 6) is 0.0920. The molecule has 26 heavy (non-hydrogen) atoms. The number of halogens is 1. The van der Waals surface area contributed by atoms with Crippen molar-refractivity contribution in [3.63, 3.8) is 0 Å². The molecular weight excluding hydrogens is 358 g/mol. The first-order valence-corrected chi connectivity index (χ1v) is 8.02. The molecule has 1 heterocycles. The number of aromatic nitrogens is 2. The molecule has 1 aromatic heterocycles. The van der Waals surface area contributed by atoms with Crippen molar-refractivity contribution >= 4 is 34.2 Å². The highest BCUT2D eigenvalue weighted by atomic mass is 35.5. The topological polar surface area (TPSA) is 82.4 Å². The van der Waals surface area contributed by atoms with E-state index in [-0.39, 0.29) is 5.69 Å². The molecule has 0 radical (unpaired) electrons. The van der Waals surface area contributed by atoms with Crippen LogP contribution in [0.15, 0.2) is 41.2 Å². The number of hydrogen-bond donors (Lipinski definition) is 1. The zero-order chi connectivity index (χ0) is 18.8. The van der Waals surface area contributed by atoms with Gasteiger partial charge < -0.3 is 19.4 Å². The maximum atomic E-state index is 12.6. The van der Waals surface area contributed by atoms with Gasteiger partial charge in [-0.05, 0) is 18.2 Å². The van der Waals surface area contributed by atoms with E-state index in [0.717, 1.165) is 0 Å². The number of methoxy groups -OCH3 is 2. The van der Waals surface area contributed by atoms with E-state index in [0.29, 0.717) is 33.2 Å². The molecule has 3 aromatic rings. The molecule has 0 aliphatic heterocycles. The predicted molar refractivity (Wildman–Crippen MR) is 99.5 cm³/mol. The summed E-state index contributed by atoms with van der Waals surface area (Å²) in [6.45, 7) is 0. The summed E-state index contributed by atoms with van der Waals surface area (Å²) in [4.78, 5) is 29.3. The van der Waals surface area contributed by atoms with E-state index in [1.165, 1.54) is 24.9 Å². The molecule has 0 atom stereocenters. The van der Waals surface area contributed by atoms with Gasteiger partial charge in [0.15, 0.2) is 5.69 Å². The second-order valence-electron chi connectivity index (χ2n) is 5.45. The summed E-state index contributed by atoms with van der Waals surface area (Å²) in [7, 11) is 4.52. The van der Waals surface area contributed by atoms with Gasteiger partial charge in [-0.3, -0.25) is 9.59 Å². The number of nitrogens with zero attached hydrogens (tertiary/aromatic N) is 2. The van der Waals surface area contributed by atoms with Crippen LogP contribution in [0.2, 0.25) is 5.02 Å². The van der Waals surface area contributed by atoms with Gasteiger partial charge in [-0.25, -0.2) is 4.98 Å². The largest absolute Gasteiger partial charge is 0.495 e. The van der Waals surface area contributed by atoms with Crippen molar-refractivity contribution in [1.82, 2.24) is 9.55 Å². The quantitative estimate of drug-likeness (QED) is 0.760. The highest BCUT2D eigenvalue weighted by molar-refractivity contribution is 6.32. The first-order chi connectivity index (χ1) is 12.5. The number of hydrogen-bond acceptors (Lipinski definition) is 5. The standard InChI is InChI=1S/C18H16ClN3O4/c1-22-13-7-5-4-6-11(13)20-16(18(22)24)17(23)21-12-8-10(19)14(25-2)9-15(12)26-3/h4-9H,1-3H3,(H,21,23). The Morgan fingerprint density at radius 1 is 1.15 bits per heavy atom. The molecular formula is C18H16ClN3O4. The zero-order valence-electron chi connectivity index (χ0n) is 14.4. The third-order valence-electron chi connectivity index (χ3n) is 3.92. The summed E-state index contributed by atoms with van der Waals surface area (Å²) in [6.07, 6.45) is 0. The average molecular weight is 374 g/mol. The van der Waals surface area contributed by atoms with Gasteiger partial charge in [-0.15, -0.1) is 0 Å². The van der Waals surface area contributed by atoms with E-state index in [1.807, 2.05) is 0 Å². The van der Waals surface area contributed by atoms with Crippen molar-refractivity contribution in [3.8, 4) is 11.5 Å². The van der Waals surface area contributed by atoms with Crippen LogP contribution in [-0.2, 0) is 7.05 Å². The molecule has 0 saturated heterocycles. The van der Waals surface area contributed by atoms with E-state index < -0.39 is 11.5 Å². The number of anilines is 1. The van der Waals surface area contributed by atoms with Crippen molar-refractivity contribution in [1.29, 1.82) is 0 Å². The van der Waals surface area contributed by atoms with Gasteiger partial charge in [0.05, 0.1) is 36.0 Å². The first-order valence-electron chi connectivity index (χ1n) is 7.65. The molecule has 7 nitrogen and oxygen atoms in total. The number of fused-ring (bicyclic) bond motifs is 1. The Bertz CT molecular complexity index is 1060. The second-order valence-corrected chi connectivity index (χ2v) is 5.86. The Morgan fingerprint density at radius 2 is 1.85 bits per heavy atom. The summed E-state index contributed by atoms with van der Waals surface area (Å²) >= 11 is 6.11. The van der Waals surface area contributed by atoms with Crippen LogP contribution in [0.5, 0.6) is 11.5 Å². The number of rotatable bonds is 4. The lowest BCUT2D eigenvalue weighted by Gasteiger charge is -2.13. The lowest BCUT2D eigenvalue weighted by atomic mass is 10.2. The lowest BCUT2D eigenvalue weighted by molar-refractivity contribution is 0.102. The Balaban J connectivity index is 2.04. The van der Waals surface area contributed by atoms with Crippen LogP contribution in [0, 0.1) is 0 Å². The van der Waals surface area contributed by atoms with Crippen LogP contribution < -0.4 is 20.3 Å².